The first-order valence-electron chi connectivity index (χ1n) is 8.48. The van der Waals surface area contributed by atoms with Gasteiger partial charge in [0.2, 0.25) is 0 Å². The summed E-state index contributed by atoms with van der Waals surface area (Å²) in [5, 5.41) is 0.802. The van der Waals surface area contributed by atoms with Gasteiger partial charge in [-0.2, -0.15) is 0 Å². The van der Waals surface area contributed by atoms with Gasteiger partial charge in [-0.05, 0) is 54.4 Å². The lowest BCUT2D eigenvalue weighted by molar-refractivity contribution is -0.102. The van der Waals surface area contributed by atoms with E-state index in [9.17, 15) is 4.79 Å². The molecule has 25 heavy (non-hydrogen) atoms. The second-order valence-electron chi connectivity index (χ2n) is 7.00. The second-order valence-corrected chi connectivity index (χ2v) is 7.92. The smallest absolute Gasteiger partial charge is 0.339 e. The third kappa shape index (κ3) is 3.28. The summed E-state index contributed by atoms with van der Waals surface area (Å²) in [5.74, 6) is -0.364. The Labute approximate surface area is 154 Å². The third-order valence-electron chi connectivity index (χ3n) is 5.04. The number of fused-ring (bicyclic) bond motifs is 2. The molecule has 0 aliphatic carbocycles. The fourth-order valence-corrected chi connectivity index (χ4v) is 4.10. The maximum Gasteiger partial charge on any atom is 0.339 e. The number of ether oxygens (including phenoxy) is 2. The Morgan fingerprint density at radius 3 is 3.16 bits per heavy atom. The van der Waals surface area contributed by atoms with Crippen LogP contribution in [0, 0.1) is 0 Å². The van der Waals surface area contributed by atoms with Gasteiger partial charge >= 0.3 is 5.97 Å². The van der Waals surface area contributed by atoms with Crippen molar-refractivity contribution in [1.29, 1.82) is 0 Å². The van der Waals surface area contributed by atoms with Crippen LogP contribution in [0.4, 0.5) is 0 Å². The molecule has 2 aliphatic heterocycles. The van der Waals surface area contributed by atoms with Crippen molar-refractivity contribution >= 4 is 32.9 Å². The third-order valence-corrected chi connectivity index (χ3v) is 5.48. The first-order chi connectivity index (χ1) is 12.0. The van der Waals surface area contributed by atoms with Gasteiger partial charge in [0.05, 0.1) is 24.3 Å². The molecule has 0 unspecified atom stereocenters. The number of morpholine rings is 1. The molecule has 0 spiro atoms. The lowest BCUT2D eigenvalue weighted by Gasteiger charge is -2.45. The van der Waals surface area contributed by atoms with Crippen molar-refractivity contribution in [2.75, 3.05) is 26.4 Å². The summed E-state index contributed by atoms with van der Waals surface area (Å²) in [6, 6.07) is 4.10. The van der Waals surface area contributed by atoms with Crippen LogP contribution in [0.15, 0.2) is 29.0 Å². The lowest BCUT2D eigenvalue weighted by atomic mass is 9.99. The quantitative estimate of drug-likeness (QED) is 0.731. The average Bonchev–Trinajstić information content (AvgIpc) is 3.09. The van der Waals surface area contributed by atoms with Gasteiger partial charge in [0.25, 0.3) is 0 Å². The molecule has 132 valence electrons. The number of aromatic nitrogens is 2. The number of carbonyl (C=O) groups is 1. The summed E-state index contributed by atoms with van der Waals surface area (Å²) in [6.45, 7) is 4.83. The monoisotopic (exact) mass is 405 g/mol. The van der Waals surface area contributed by atoms with E-state index < -0.39 is 0 Å². The van der Waals surface area contributed by atoms with Crippen LogP contribution in [0.3, 0.4) is 0 Å². The average molecular weight is 406 g/mol. The van der Waals surface area contributed by atoms with E-state index >= 15 is 0 Å². The molecule has 2 aromatic heterocycles. The van der Waals surface area contributed by atoms with Gasteiger partial charge in [-0.15, -0.1) is 0 Å². The maximum absolute atomic E-state index is 12.5. The number of nitrogens with zero attached hydrogens (tertiary/aromatic N) is 3. The minimum atomic E-state index is -0.364. The summed E-state index contributed by atoms with van der Waals surface area (Å²) in [6.07, 6.45) is 5.53. The van der Waals surface area contributed by atoms with Gasteiger partial charge in [0.15, 0.2) is 5.65 Å². The predicted molar refractivity (Wildman–Crippen MR) is 96.5 cm³/mol. The number of hydrogen-bond donors (Lipinski definition) is 0. The molecule has 4 heterocycles. The number of rotatable bonds is 3. The van der Waals surface area contributed by atoms with E-state index in [1.165, 1.54) is 12.6 Å². The summed E-state index contributed by atoms with van der Waals surface area (Å²) in [5.41, 5.74) is 0.780. The van der Waals surface area contributed by atoms with Crippen LogP contribution in [0.1, 0.15) is 30.1 Å². The number of carbonyl (C=O) groups excluding carboxylic acids is 1. The normalized spacial score (nSPS) is 26.6. The highest BCUT2D eigenvalue weighted by atomic mass is 79.9. The zero-order valence-electron chi connectivity index (χ0n) is 14.1. The number of pyridine rings is 2. The Hall–Kier alpha value is -1.57. The Morgan fingerprint density at radius 1 is 1.44 bits per heavy atom. The number of hydrogen-bond acceptors (Lipinski definition) is 6. The summed E-state index contributed by atoms with van der Waals surface area (Å²) >= 11 is 3.38. The molecular formula is C18H20BrN3O3. The van der Waals surface area contributed by atoms with Crippen LogP contribution in [0.2, 0.25) is 0 Å². The zero-order chi connectivity index (χ0) is 17.4. The molecule has 0 N–H and O–H groups in total. The molecule has 2 aromatic rings. The molecule has 0 radical (unpaired) electrons. The fraction of sp³-hybridized carbons (Fsp3) is 0.500. The molecule has 0 amide bonds. The largest absolute Gasteiger partial charge is 0.460 e. The molecule has 2 atom stereocenters. The van der Waals surface area contributed by atoms with Gasteiger partial charge in [0, 0.05) is 28.3 Å². The minimum Gasteiger partial charge on any atom is -0.460 e. The lowest BCUT2D eigenvalue weighted by Crippen LogP contribution is -2.59. The standard InChI is InChI=1S/C18H20BrN3O3/c1-18(10-24-9-15-3-2-4-22(15)18)11-25-17(23)13-5-12-6-14(19)8-21-16(12)20-7-13/h5-8,15H,2-4,9-11H2,1H3/t15-,18-/m1/s1. The zero-order valence-corrected chi connectivity index (χ0v) is 15.7. The van der Waals surface area contributed by atoms with E-state index in [4.69, 9.17) is 9.47 Å². The number of esters is 1. The van der Waals surface area contributed by atoms with Crippen molar-refractivity contribution in [1.82, 2.24) is 14.9 Å². The minimum absolute atomic E-state index is 0.260. The first-order valence-corrected chi connectivity index (χ1v) is 9.27. The van der Waals surface area contributed by atoms with Crippen molar-refractivity contribution in [3.63, 3.8) is 0 Å². The van der Waals surface area contributed by atoms with Gasteiger partial charge < -0.3 is 9.47 Å². The van der Waals surface area contributed by atoms with Crippen LogP contribution in [0.25, 0.3) is 11.0 Å². The molecule has 0 aromatic carbocycles. The molecule has 7 heteroatoms. The summed E-state index contributed by atoms with van der Waals surface area (Å²) in [4.78, 5) is 23.4. The van der Waals surface area contributed by atoms with Crippen LogP contribution >= 0.6 is 15.9 Å². The summed E-state index contributed by atoms with van der Waals surface area (Å²) in [7, 11) is 0. The van der Waals surface area contributed by atoms with Crippen molar-refractivity contribution in [2.45, 2.75) is 31.3 Å². The molecule has 2 saturated heterocycles. The molecule has 6 nitrogen and oxygen atoms in total. The van der Waals surface area contributed by atoms with Crippen LogP contribution in [-0.4, -0.2) is 58.8 Å². The predicted octanol–water partition coefficient (Wildman–Crippen LogP) is 2.80. The van der Waals surface area contributed by atoms with E-state index in [1.807, 2.05) is 6.07 Å². The molecule has 0 saturated carbocycles. The Morgan fingerprint density at radius 2 is 2.28 bits per heavy atom. The van der Waals surface area contributed by atoms with Crippen LogP contribution < -0.4 is 0 Å². The molecule has 0 bridgehead atoms. The fourth-order valence-electron chi connectivity index (χ4n) is 3.76. The van der Waals surface area contributed by atoms with E-state index in [-0.39, 0.29) is 11.5 Å². The van der Waals surface area contributed by atoms with Crippen molar-refractivity contribution in [3.05, 3.63) is 34.6 Å². The van der Waals surface area contributed by atoms with Gasteiger partial charge in [0.1, 0.15) is 6.61 Å². The second kappa shape index (κ2) is 6.63. The Balaban J connectivity index is 1.48. The highest BCUT2D eigenvalue weighted by Crippen LogP contribution is 2.31. The van der Waals surface area contributed by atoms with Gasteiger partial charge in [-0.3, -0.25) is 4.90 Å². The molecular weight excluding hydrogens is 386 g/mol. The van der Waals surface area contributed by atoms with Crippen LogP contribution in [0.5, 0.6) is 0 Å². The molecule has 4 rings (SSSR count). The van der Waals surface area contributed by atoms with Gasteiger partial charge in [-0.1, -0.05) is 0 Å². The number of halogens is 1. The summed E-state index contributed by atoms with van der Waals surface area (Å²) < 4.78 is 12.2. The van der Waals surface area contributed by atoms with Crippen LogP contribution in [-0.2, 0) is 9.47 Å². The van der Waals surface area contributed by atoms with Crippen molar-refractivity contribution in [2.24, 2.45) is 0 Å². The van der Waals surface area contributed by atoms with E-state index in [2.05, 4.69) is 37.7 Å². The highest BCUT2D eigenvalue weighted by molar-refractivity contribution is 9.10. The van der Waals surface area contributed by atoms with E-state index in [1.54, 1.807) is 12.3 Å². The highest BCUT2D eigenvalue weighted by Gasteiger charge is 2.43. The maximum atomic E-state index is 12.5. The van der Waals surface area contributed by atoms with Crippen molar-refractivity contribution < 1.29 is 14.3 Å². The molecule has 2 fully saturated rings. The Bertz CT molecular complexity index is 815. The molecule has 2 aliphatic rings. The van der Waals surface area contributed by atoms with Gasteiger partial charge in [-0.25, -0.2) is 14.8 Å². The van der Waals surface area contributed by atoms with E-state index in [0.717, 1.165) is 29.4 Å². The first kappa shape index (κ1) is 16.9. The Kier molecular flexibility index (Phi) is 4.47. The topological polar surface area (TPSA) is 64.5 Å². The van der Waals surface area contributed by atoms with E-state index in [0.29, 0.717) is 30.5 Å². The SMILES string of the molecule is C[C@]1(COC(=O)c2cnc3ncc(Br)cc3c2)COC[C@H]2CCCN21. The van der Waals surface area contributed by atoms with Crippen molar-refractivity contribution in [3.8, 4) is 0 Å².